The fourth-order valence-corrected chi connectivity index (χ4v) is 3.60. The third kappa shape index (κ3) is 2.94. The number of Topliss-reactive ketones (excluding diaryl/α,β-unsaturated/α-hetero) is 1. The molecule has 128 valence electrons. The van der Waals surface area contributed by atoms with Crippen LogP contribution in [0.4, 0.5) is 0 Å². The average molecular weight is 351 g/mol. The fraction of sp³-hybridized carbons (Fsp3) is 0.444. The van der Waals surface area contributed by atoms with Crippen LogP contribution in [0.15, 0.2) is 35.6 Å². The molecule has 2 atom stereocenters. The van der Waals surface area contributed by atoms with Crippen LogP contribution in [0.2, 0.25) is 5.02 Å². The third-order valence-corrected chi connectivity index (χ3v) is 4.79. The molecule has 1 aliphatic carbocycles. The Morgan fingerprint density at radius 3 is 2.88 bits per heavy atom. The van der Waals surface area contributed by atoms with Gasteiger partial charge in [-0.3, -0.25) is 4.79 Å². The summed E-state index contributed by atoms with van der Waals surface area (Å²) in [7, 11) is 0. The molecule has 0 fully saturated rings. The van der Waals surface area contributed by atoms with Gasteiger partial charge in [-0.2, -0.15) is 0 Å². The molecule has 3 rings (SSSR count). The summed E-state index contributed by atoms with van der Waals surface area (Å²) in [6.45, 7) is 1.76. The summed E-state index contributed by atoms with van der Waals surface area (Å²) in [6, 6.07) is 7.24. The number of benzene rings is 1. The molecule has 0 amide bonds. The summed E-state index contributed by atoms with van der Waals surface area (Å²) >= 11 is 6.31. The van der Waals surface area contributed by atoms with Crippen LogP contribution in [0.3, 0.4) is 0 Å². The van der Waals surface area contributed by atoms with E-state index in [1.165, 1.54) is 0 Å². The minimum Gasteiger partial charge on any atom is -0.461 e. The van der Waals surface area contributed by atoms with Crippen molar-refractivity contribution in [1.82, 2.24) is 0 Å². The van der Waals surface area contributed by atoms with Crippen molar-refractivity contribution >= 4 is 23.4 Å². The molecule has 0 saturated carbocycles. The molecular formula is C18H19ClO5. The third-order valence-electron chi connectivity index (χ3n) is 4.44. The van der Waals surface area contributed by atoms with E-state index in [4.69, 9.17) is 21.1 Å². The van der Waals surface area contributed by atoms with E-state index in [-0.39, 0.29) is 30.5 Å². The SMILES string of the molecule is CCOC(=O)[C@@]1(O)C[C@@H](c2ccccc2Cl)C2=C(O1)C(=O)CCC2. The highest BCUT2D eigenvalue weighted by molar-refractivity contribution is 6.31. The van der Waals surface area contributed by atoms with Gasteiger partial charge >= 0.3 is 11.8 Å². The first-order chi connectivity index (χ1) is 11.5. The number of allylic oxidation sites excluding steroid dienone is 2. The molecule has 5 nitrogen and oxygen atoms in total. The molecule has 0 bridgehead atoms. The summed E-state index contributed by atoms with van der Waals surface area (Å²) < 4.78 is 10.4. The molecule has 1 aromatic carbocycles. The van der Waals surface area contributed by atoms with E-state index in [2.05, 4.69) is 0 Å². The van der Waals surface area contributed by atoms with Crippen molar-refractivity contribution in [2.45, 2.75) is 44.3 Å². The lowest BCUT2D eigenvalue weighted by atomic mass is 9.77. The van der Waals surface area contributed by atoms with Gasteiger partial charge in [-0.05, 0) is 37.0 Å². The summed E-state index contributed by atoms with van der Waals surface area (Å²) in [5.74, 6) is -3.53. The summed E-state index contributed by atoms with van der Waals surface area (Å²) in [5.41, 5.74) is 1.57. The molecule has 0 aromatic heterocycles. The van der Waals surface area contributed by atoms with Crippen molar-refractivity contribution in [2.24, 2.45) is 0 Å². The monoisotopic (exact) mass is 350 g/mol. The molecule has 0 spiro atoms. The highest BCUT2D eigenvalue weighted by Crippen LogP contribution is 2.47. The fourth-order valence-electron chi connectivity index (χ4n) is 3.34. The standard InChI is InChI=1S/C18H19ClO5/c1-2-23-17(21)18(22)10-13(11-6-3-4-8-14(11)19)12-7-5-9-15(20)16(12)24-18/h3-4,6,8,13,22H,2,5,7,9-10H2,1H3/t13-,18+/m0/s1. The molecule has 6 heteroatoms. The lowest BCUT2D eigenvalue weighted by Gasteiger charge is -2.39. The van der Waals surface area contributed by atoms with Crippen LogP contribution < -0.4 is 0 Å². The van der Waals surface area contributed by atoms with Crippen molar-refractivity contribution < 1.29 is 24.2 Å². The summed E-state index contributed by atoms with van der Waals surface area (Å²) in [4.78, 5) is 24.5. The van der Waals surface area contributed by atoms with Crippen LogP contribution in [0.25, 0.3) is 0 Å². The van der Waals surface area contributed by atoms with Crippen LogP contribution in [0.1, 0.15) is 44.1 Å². The zero-order valence-corrected chi connectivity index (χ0v) is 14.1. The quantitative estimate of drug-likeness (QED) is 0.848. The minimum atomic E-state index is -2.17. The summed E-state index contributed by atoms with van der Waals surface area (Å²) in [5, 5.41) is 11.3. The van der Waals surface area contributed by atoms with E-state index in [0.717, 1.165) is 17.6 Å². The zero-order valence-electron chi connectivity index (χ0n) is 13.4. The highest BCUT2D eigenvalue weighted by atomic mass is 35.5. The molecule has 2 aliphatic rings. The van der Waals surface area contributed by atoms with Crippen LogP contribution in [0.5, 0.6) is 0 Å². The lowest BCUT2D eigenvalue weighted by Crippen LogP contribution is -2.48. The van der Waals surface area contributed by atoms with Gasteiger partial charge in [0.05, 0.1) is 6.61 Å². The van der Waals surface area contributed by atoms with E-state index in [1.54, 1.807) is 13.0 Å². The van der Waals surface area contributed by atoms with Crippen LogP contribution in [-0.2, 0) is 19.1 Å². The van der Waals surface area contributed by atoms with E-state index < -0.39 is 11.8 Å². The average Bonchev–Trinajstić information content (AvgIpc) is 2.56. The van der Waals surface area contributed by atoms with Gasteiger partial charge in [0.1, 0.15) is 0 Å². The number of carbonyl (C=O) groups excluding carboxylic acids is 2. The Balaban J connectivity index is 2.08. The second kappa shape index (κ2) is 6.57. The smallest absolute Gasteiger partial charge is 0.379 e. The van der Waals surface area contributed by atoms with Gasteiger partial charge in [0.25, 0.3) is 0 Å². The largest absolute Gasteiger partial charge is 0.461 e. The van der Waals surface area contributed by atoms with Crippen molar-refractivity contribution in [3.8, 4) is 0 Å². The molecule has 1 heterocycles. The van der Waals surface area contributed by atoms with E-state index in [9.17, 15) is 14.7 Å². The van der Waals surface area contributed by atoms with Gasteiger partial charge in [0.2, 0.25) is 0 Å². The molecule has 0 unspecified atom stereocenters. The molecule has 0 saturated heterocycles. The number of ether oxygens (including phenoxy) is 2. The zero-order chi connectivity index (χ0) is 17.3. The van der Waals surface area contributed by atoms with Crippen molar-refractivity contribution in [3.05, 3.63) is 46.2 Å². The maximum atomic E-state index is 12.3. The Morgan fingerprint density at radius 1 is 1.42 bits per heavy atom. The van der Waals surface area contributed by atoms with E-state index >= 15 is 0 Å². The Hall–Kier alpha value is -1.85. The highest BCUT2D eigenvalue weighted by Gasteiger charge is 2.50. The predicted octanol–water partition coefficient (Wildman–Crippen LogP) is 3.10. The van der Waals surface area contributed by atoms with Crippen molar-refractivity contribution in [2.75, 3.05) is 6.61 Å². The van der Waals surface area contributed by atoms with Gasteiger partial charge < -0.3 is 14.6 Å². The van der Waals surface area contributed by atoms with Crippen LogP contribution >= 0.6 is 11.6 Å². The maximum Gasteiger partial charge on any atom is 0.379 e. The van der Waals surface area contributed by atoms with Crippen molar-refractivity contribution in [3.63, 3.8) is 0 Å². The Labute approximate surface area is 145 Å². The van der Waals surface area contributed by atoms with Gasteiger partial charge in [0, 0.05) is 23.8 Å². The number of carbonyl (C=O) groups is 2. The van der Waals surface area contributed by atoms with E-state index in [0.29, 0.717) is 17.9 Å². The molecule has 1 aromatic rings. The predicted molar refractivity (Wildman–Crippen MR) is 87.4 cm³/mol. The van der Waals surface area contributed by atoms with Gasteiger partial charge in [-0.15, -0.1) is 0 Å². The first-order valence-corrected chi connectivity index (χ1v) is 8.43. The minimum absolute atomic E-state index is 0.0261. The first kappa shape index (κ1) is 17.0. The number of rotatable bonds is 3. The van der Waals surface area contributed by atoms with Gasteiger partial charge in [0.15, 0.2) is 11.5 Å². The van der Waals surface area contributed by atoms with Gasteiger partial charge in [-0.1, -0.05) is 29.8 Å². The molecule has 1 aliphatic heterocycles. The number of hydrogen-bond donors (Lipinski definition) is 1. The Kier molecular flexibility index (Phi) is 4.65. The number of ketones is 1. The lowest BCUT2D eigenvalue weighted by molar-refractivity contribution is -0.223. The Bertz CT molecular complexity index is 711. The number of hydrogen-bond acceptors (Lipinski definition) is 5. The molecular weight excluding hydrogens is 332 g/mol. The topological polar surface area (TPSA) is 72.8 Å². The molecule has 0 radical (unpaired) electrons. The van der Waals surface area contributed by atoms with E-state index in [1.807, 2.05) is 18.2 Å². The summed E-state index contributed by atoms with van der Waals surface area (Å²) in [6.07, 6.45) is 1.71. The molecule has 24 heavy (non-hydrogen) atoms. The van der Waals surface area contributed by atoms with Crippen molar-refractivity contribution in [1.29, 1.82) is 0 Å². The normalized spacial score (nSPS) is 26.6. The first-order valence-electron chi connectivity index (χ1n) is 8.05. The second-order valence-corrected chi connectivity index (χ2v) is 6.42. The maximum absolute atomic E-state index is 12.3. The number of esters is 1. The van der Waals surface area contributed by atoms with Crippen LogP contribution in [-0.4, -0.2) is 29.3 Å². The number of aliphatic hydroxyl groups is 1. The van der Waals surface area contributed by atoms with Gasteiger partial charge in [-0.25, -0.2) is 4.79 Å². The number of halogens is 1. The molecule has 1 N–H and O–H groups in total. The Morgan fingerprint density at radius 2 is 2.17 bits per heavy atom. The van der Waals surface area contributed by atoms with Crippen LogP contribution in [0, 0.1) is 0 Å². The second-order valence-electron chi connectivity index (χ2n) is 6.02.